The Hall–Kier alpha value is -3.47. The van der Waals surface area contributed by atoms with E-state index >= 15 is 0 Å². The van der Waals surface area contributed by atoms with Crippen LogP contribution in [0.15, 0.2) is 73.1 Å². The Balaban J connectivity index is 1.25. The number of likely N-dealkylation sites (tertiary alicyclic amines) is 1. The third-order valence-corrected chi connectivity index (χ3v) is 6.10. The van der Waals surface area contributed by atoms with E-state index in [9.17, 15) is 9.59 Å². The number of rotatable bonds is 6. The minimum Gasteiger partial charge on any atom is -0.343 e. The number of benzene rings is 2. The second-order valence-corrected chi connectivity index (χ2v) is 8.45. The Bertz CT molecular complexity index is 1060. The van der Waals surface area contributed by atoms with Gasteiger partial charge in [0.1, 0.15) is 0 Å². The molecule has 5 heteroatoms. The number of carbonyl (C=O) groups is 2. The van der Waals surface area contributed by atoms with E-state index in [0.717, 1.165) is 23.2 Å². The molecule has 0 aliphatic carbocycles. The predicted molar refractivity (Wildman–Crippen MR) is 127 cm³/mol. The lowest BCUT2D eigenvalue weighted by Crippen LogP contribution is -2.41. The number of amides is 2. The average molecular weight is 428 g/mol. The Kier molecular flexibility index (Phi) is 6.95. The molecule has 2 aromatic carbocycles. The second kappa shape index (κ2) is 10.2. The van der Waals surface area contributed by atoms with E-state index in [1.165, 1.54) is 11.1 Å². The van der Waals surface area contributed by atoms with Crippen LogP contribution in [0.5, 0.6) is 0 Å². The highest BCUT2D eigenvalue weighted by atomic mass is 16.2. The fraction of sp³-hybridized carbons (Fsp3) is 0.296. The molecule has 0 spiro atoms. The summed E-state index contributed by atoms with van der Waals surface area (Å²) in [7, 11) is 0. The molecular formula is C27H29N3O2. The van der Waals surface area contributed by atoms with Gasteiger partial charge in [0.25, 0.3) is 0 Å². The molecule has 3 aromatic rings. The summed E-state index contributed by atoms with van der Waals surface area (Å²) in [5.74, 6) is 0.139. The van der Waals surface area contributed by atoms with Gasteiger partial charge in [-0.2, -0.15) is 0 Å². The van der Waals surface area contributed by atoms with E-state index < -0.39 is 0 Å². The number of nitrogens with one attached hydrogen (secondary N) is 1. The number of pyridine rings is 1. The zero-order chi connectivity index (χ0) is 22.3. The quantitative estimate of drug-likeness (QED) is 0.611. The van der Waals surface area contributed by atoms with Crippen molar-refractivity contribution in [3.8, 4) is 11.1 Å². The Morgan fingerprint density at radius 1 is 0.969 bits per heavy atom. The average Bonchev–Trinajstić information content (AvgIpc) is 2.84. The maximum absolute atomic E-state index is 12.7. The van der Waals surface area contributed by atoms with E-state index in [4.69, 9.17) is 0 Å². The van der Waals surface area contributed by atoms with Crippen LogP contribution < -0.4 is 5.32 Å². The van der Waals surface area contributed by atoms with Crippen molar-refractivity contribution in [2.45, 2.75) is 32.6 Å². The Morgan fingerprint density at radius 3 is 2.38 bits per heavy atom. The number of anilines is 1. The molecule has 0 radical (unpaired) electrons. The summed E-state index contributed by atoms with van der Waals surface area (Å²) in [6.07, 6.45) is 6.12. The fourth-order valence-electron chi connectivity index (χ4n) is 4.16. The van der Waals surface area contributed by atoms with Crippen molar-refractivity contribution in [2.24, 2.45) is 5.92 Å². The zero-order valence-electron chi connectivity index (χ0n) is 18.5. The van der Waals surface area contributed by atoms with E-state index in [1.54, 1.807) is 12.4 Å². The molecule has 1 aromatic heterocycles. The van der Waals surface area contributed by atoms with Gasteiger partial charge in [0.2, 0.25) is 11.8 Å². The molecule has 1 fully saturated rings. The molecule has 164 valence electrons. The maximum Gasteiger partial charge on any atom is 0.227 e. The number of piperidine rings is 1. The van der Waals surface area contributed by atoms with Gasteiger partial charge >= 0.3 is 0 Å². The minimum atomic E-state index is -0.0595. The van der Waals surface area contributed by atoms with Crippen LogP contribution >= 0.6 is 0 Å². The normalized spacial score (nSPS) is 14.2. The first-order valence-corrected chi connectivity index (χ1v) is 11.2. The molecule has 2 amide bonds. The van der Waals surface area contributed by atoms with Crippen molar-refractivity contribution in [1.29, 1.82) is 0 Å². The lowest BCUT2D eigenvalue weighted by molar-refractivity contribution is -0.134. The smallest absolute Gasteiger partial charge is 0.227 e. The summed E-state index contributed by atoms with van der Waals surface area (Å²) in [4.78, 5) is 31.1. The van der Waals surface area contributed by atoms with Gasteiger partial charge in [-0.1, -0.05) is 42.0 Å². The Morgan fingerprint density at radius 2 is 1.69 bits per heavy atom. The van der Waals surface area contributed by atoms with Crippen molar-refractivity contribution < 1.29 is 9.59 Å². The summed E-state index contributed by atoms with van der Waals surface area (Å²) < 4.78 is 0. The lowest BCUT2D eigenvalue weighted by atomic mass is 9.95. The molecule has 2 heterocycles. The summed E-state index contributed by atoms with van der Waals surface area (Å²) in [6.45, 7) is 3.36. The molecule has 0 saturated carbocycles. The number of carbonyl (C=O) groups excluding carboxylic acids is 2. The number of nitrogens with zero attached hydrogens (tertiary/aromatic N) is 2. The van der Waals surface area contributed by atoms with Crippen LogP contribution in [0.2, 0.25) is 0 Å². The first-order valence-electron chi connectivity index (χ1n) is 11.2. The van der Waals surface area contributed by atoms with E-state index in [0.29, 0.717) is 32.4 Å². The van der Waals surface area contributed by atoms with Gasteiger partial charge in [-0.3, -0.25) is 14.6 Å². The standard InChI is InChI=1S/C27H29N3O2/c1-20-3-2-4-24(19-20)22-6-8-25(9-7-22)29-27(32)23-13-17-30(18-14-23)26(31)10-5-21-11-15-28-16-12-21/h2-4,6-9,11-12,15-16,19,23H,5,10,13-14,17-18H2,1H3,(H,29,32). The molecule has 1 aliphatic rings. The van der Waals surface area contributed by atoms with Crippen molar-refractivity contribution in [3.63, 3.8) is 0 Å². The van der Waals surface area contributed by atoms with Crippen molar-refractivity contribution in [1.82, 2.24) is 9.88 Å². The van der Waals surface area contributed by atoms with Gasteiger partial charge in [0.05, 0.1) is 0 Å². The minimum absolute atomic E-state index is 0.0391. The number of hydrogen-bond acceptors (Lipinski definition) is 3. The topological polar surface area (TPSA) is 62.3 Å². The van der Waals surface area contributed by atoms with Gasteiger partial charge < -0.3 is 10.2 Å². The van der Waals surface area contributed by atoms with Gasteiger partial charge in [0.15, 0.2) is 0 Å². The molecule has 0 bridgehead atoms. The van der Waals surface area contributed by atoms with Crippen LogP contribution in [0.3, 0.4) is 0 Å². The third kappa shape index (κ3) is 5.61. The Labute approximate surface area is 189 Å². The highest BCUT2D eigenvalue weighted by Crippen LogP contribution is 2.24. The first kappa shape index (κ1) is 21.8. The molecule has 1 N–H and O–H groups in total. The zero-order valence-corrected chi connectivity index (χ0v) is 18.5. The summed E-state index contributed by atoms with van der Waals surface area (Å²) in [5, 5.41) is 3.04. The van der Waals surface area contributed by atoms with Gasteiger partial charge in [-0.15, -0.1) is 0 Å². The largest absolute Gasteiger partial charge is 0.343 e. The highest BCUT2D eigenvalue weighted by Gasteiger charge is 2.27. The number of aryl methyl sites for hydroxylation is 2. The van der Waals surface area contributed by atoms with Crippen molar-refractivity contribution >= 4 is 17.5 Å². The van der Waals surface area contributed by atoms with Crippen LogP contribution in [-0.4, -0.2) is 34.8 Å². The molecule has 1 saturated heterocycles. The van der Waals surface area contributed by atoms with Gasteiger partial charge in [-0.05, 0) is 67.1 Å². The first-order chi connectivity index (χ1) is 15.6. The van der Waals surface area contributed by atoms with Gasteiger partial charge in [-0.25, -0.2) is 0 Å². The predicted octanol–water partition coefficient (Wildman–Crippen LogP) is 4.87. The molecule has 0 unspecified atom stereocenters. The van der Waals surface area contributed by atoms with Crippen LogP contribution in [-0.2, 0) is 16.0 Å². The monoisotopic (exact) mass is 427 g/mol. The summed E-state index contributed by atoms with van der Waals surface area (Å²) in [6, 6.07) is 20.2. The third-order valence-electron chi connectivity index (χ3n) is 6.10. The highest BCUT2D eigenvalue weighted by molar-refractivity contribution is 5.93. The molecule has 32 heavy (non-hydrogen) atoms. The van der Waals surface area contributed by atoms with Crippen LogP contribution in [0, 0.1) is 12.8 Å². The van der Waals surface area contributed by atoms with Crippen molar-refractivity contribution in [2.75, 3.05) is 18.4 Å². The van der Waals surface area contributed by atoms with Crippen LogP contribution in [0.1, 0.15) is 30.4 Å². The summed E-state index contributed by atoms with van der Waals surface area (Å²) >= 11 is 0. The van der Waals surface area contributed by atoms with E-state index in [1.807, 2.05) is 41.3 Å². The second-order valence-electron chi connectivity index (χ2n) is 8.45. The fourth-order valence-corrected chi connectivity index (χ4v) is 4.16. The van der Waals surface area contributed by atoms with Crippen LogP contribution in [0.4, 0.5) is 5.69 Å². The number of hydrogen-bond donors (Lipinski definition) is 1. The van der Waals surface area contributed by atoms with Crippen molar-refractivity contribution in [3.05, 3.63) is 84.2 Å². The number of aromatic nitrogens is 1. The SMILES string of the molecule is Cc1cccc(-c2ccc(NC(=O)C3CCN(C(=O)CCc4ccncc4)CC3)cc2)c1. The van der Waals surface area contributed by atoms with E-state index in [2.05, 4.69) is 41.5 Å². The molecular weight excluding hydrogens is 398 g/mol. The molecule has 4 rings (SSSR count). The summed E-state index contributed by atoms with van der Waals surface area (Å²) in [5.41, 5.74) is 5.45. The van der Waals surface area contributed by atoms with Crippen LogP contribution in [0.25, 0.3) is 11.1 Å². The molecule has 0 atom stereocenters. The maximum atomic E-state index is 12.7. The van der Waals surface area contributed by atoms with Gasteiger partial charge in [0, 0.05) is 43.5 Å². The lowest BCUT2D eigenvalue weighted by Gasteiger charge is -2.31. The van der Waals surface area contributed by atoms with E-state index in [-0.39, 0.29) is 17.7 Å². The molecule has 5 nitrogen and oxygen atoms in total. The molecule has 1 aliphatic heterocycles.